The highest BCUT2D eigenvalue weighted by atomic mass is 35.5. The average molecular weight is 359 g/mol. The Morgan fingerprint density at radius 1 is 0.769 bits per heavy atom. The number of hydrogen-bond acceptors (Lipinski definition) is 2. The fourth-order valence-electron chi connectivity index (χ4n) is 3.58. The van der Waals surface area contributed by atoms with Crippen LogP contribution in [-0.4, -0.2) is 7.11 Å². The second kappa shape index (κ2) is 5.79. The molecule has 0 saturated carbocycles. The van der Waals surface area contributed by atoms with Crippen molar-refractivity contribution >= 4 is 44.3 Å². The Kier molecular flexibility index (Phi) is 3.41. The molecule has 0 aliphatic carbocycles. The van der Waals surface area contributed by atoms with Gasteiger partial charge in [0.25, 0.3) is 0 Å². The SMILES string of the molecule is COc1ccc2cc(-c3cccc4oc5cccc(Cl)c5c34)ccc2c1. The van der Waals surface area contributed by atoms with Crippen LogP contribution in [-0.2, 0) is 0 Å². The van der Waals surface area contributed by atoms with Crippen molar-refractivity contribution in [2.45, 2.75) is 0 Å². The number of ether oxygens (including phenoxy) is 1. The zero-order chi connectivity index (χ0) is 17.7. The van der Waals surface area contributed by atoms with Crippen molar-refractivity contribution in [2.75, 3.05) is 7.11 Å². The Hall–Kier alpha value is -2.97. The summed E-state index contributed by atoms with van der Waals surface area (Å²) >= 11 is 6.49. The van der Waals surface area contributed by atoms with Gasteiger partial charge in [-0.3, -0.25) is 0 Å². The van der Waals surface area contributed by atoms with Crippen LogP contribution in [0.2, 0.25) is 5.02 Å². The van der Waals surface area contributed by atoms with E-state index in [9.17, 15) is 0 Å². The van der Waals surface area contributed by atoms with Gasteiger partial charge >= 0.3 is 0 Å². The number of halogens is 1. The summed E-state index contributed by atoms with van der Waals surface area (Å²) in [5.74, 6) is 0.861. The first-order valence-corrected chi connectivity index (χ1v) is 8.80. The first-order chi connectivity index (χ1) is 12.7. The summed E-state index contributed by atoms with van der Waals surface area (Å²) in [5.41, 5.74) is 3.91. The van der Waals surface area contributed by atoms with Gasteiger partial charge in [0.2, 0.25) is 0 Å². The molecule has 26 heavy (non-hydrogen) atoms. The highest BCUT2D eigenvalue weighted by Gasteiger charge is 2.14. The van der Waals surface area contributed by atoms with Crippen molar-refractivity contribution < 1.29 is 9.15 Å². The van der Waals surface area contributed by atoms with E-state index in [0.717, 1.165) is 44.2 Å². The number of fused-ring (bicyclic) bond motifs is 4. The van der Waals surface area contributed by atoms with Crippen LogP contribution in [0, 0.1) is 0 Å². The fraction of sp³-hybridized carbons (Fsp3) is 0.0435. The Morgan fingerprint density at radius 2 is 1.50 bits per heavy atom. The Labute approximate surface area is 155 Å². The van der Waals surface area contributed by atoms with Gasteiger partial charge in [0, 0.05) is 10.8 Å². The van der Waals surface area contributed by atoms with Gasteiger partial charge < -0.3 is 9.15 Å². The molecule has 2 nitrogen and oxygen atoms in total. The second-order valence-electron chi connectivity index (χ2n) is 6.32. The maximum absolute atomic E-state index is 6.49. The van der Waals surface area contributed by atoms with E-state index in [1.54, 1.807) is 7.11 Å². The minimum absolute atomic E-state index is 0.708. The maximum Gasteiger partial charge on any atom is 0.136 e. The smallest absolute Gasteiger partial charge is 0.136 e. The lowest BCUT2D eigenvalue weighted by Gasteiger charge is -2.07. The standard InChI is InChI=1S/C23H15ClO2/c1-25-17-11-10-14-12-16(9-8-15(14)13-17)18-4-2-6-20-22(18)23-19(24)5-3-7-21(23)26-20/h2-13H,1H3. The van der Waals surface area contributed by atoms with E-state index in [-0.39, 0.29) is 0 Å². The van der Waals surface area contributed by atoms with Crippen LogP contribution in [0.4, 0.5) is 0 Å². The fourth-order valence-corrected chi connectivity index (χ4v) is 3.84. The van der Waals surface area contributed by atoms with Crippen LogP contribution in [0.5, 0.6) is 5.75 Å². The lowest BCUT2D eigenvalue weighted by Crippen LogP contribution is -1.84. The molecule has 1 heterocycles. The largest absolute Gasteiger partial charge is 0.497 e. The van der Waals surface area contributed by atoms with Gasteiger partial charge in [-0.05, 0) is 58.3 Å². The van der Waals surface area contributed by atoms with Crippen molar-refractivity contribution in [1.29, 1.82) is 0 Å². The third-order valence-electron chi connectivity index (χ3n) is 4.83. The van der Waals surface area contributed by atoms with E-state index in [1.807, 2.05) is 42.5 Å². The summed E-state index contributed by atoms with van der Waals surface area (Å²) in [6.07, 6.45) is 0. The van der Waals surface area contributed by atoms with Crippen molar-refractivity contribution in [3.05, 3.63) is 77.8 Å². The Balaban J connectivity index is 1.81. The monoisotopic (exact) mass is 358 g/mol. The third kappa shape index (κ3) is 2.27. The highest BCUT2D eigenvalue weighted by molar-refractivity contribution is 6.38. The molecule has 0 N–H and O–H groups in total. The van der Waals surface area contributed by atoms with Gasteiger partial charge in [0.15, 0.2) is 0 Å². The van der Waals surface area contributed by atoms with E-state index >= 15 is 0 Å². The minimum Gasteiger partial charge on any atom is -0.497 e. The van der Waals surface area contributed by atoms with E-state index in [4.69, 9.17) is 20.8 Å². The molecule has 0 saturated heterocycles. The van der Waals surface area contributed by atoms with E-state index in [2.05, 4.69) is 30.3 Å². The molecule has 0 unspecified atom stereocenters. The van der Waals surface area contributed by atoms with E-state index in [1.165, 1.54) is 5.39 Å². The second-order valence-corrected chi connectivity index (χ2v) is 6.73. The molecule has 126 valence electrons. The number of benzene rings is 4. The van der Waals surface area contributed by atoms with Crippen molar-refractivity contribution in [1.82, 2.24) is 0 Å². The first kappa shape index (κ1) is 15.3. The highest BCUT2D eigenvalue weighted by Crippen LogP contribution is 2.40. The molecule has 0 spiro atoms. The molecular formula is C23H15ClO2. The molecule has 1 aromatic heterocycles. The van der Waals surface area contributed by atoms with Crippen molar-refractivity contribution in [3.8, 4) is 16.9 Å². The van der Waals surface area contributed by atoms with Gasteiger partial charge in [-0.1, -0.05) is 48.0 Å². The predicted octanol–water partition coefficient (Wildman–Crippen LogP) is 7.07. The number of methoxy groups -OCH3 is 1. The molecular weight excluding hydrogens is 344 g/mol. The van der Waals surface area contributed by atoms with E-state index in [0.29, 0.717) is 5.02 Å². The molecule has 0 bridgehead atoms. The molecule has 0 atom stereocenters. The zero-order valence-corrected chi connectivity index (χ0v) is 14.9. The molecule has 5 rings (SSSR count). The topological polar surface area (TPSA) is 22.4 Å². The number of rotatable bonds is 2. The summed E-state index contributed by atoms with van der Waals surface area (Å²) in [6, 6.07) is 24.5. The lowest BCUT2D eigenvalue weighted by molar-refractivity contribution is 0.415. The summed E-state index contributed by atoms with van der Waals surface area (Å²) < 4.78 is 11.3. The summed E-state index contributed by atoms with van der Waals surface area (Å²) in [5, 5.41) is 5.05. The van der Waals surface area contributed by atoms with Crippen molar-refractivity contribution in [3.63, 3.8) is 0 Å². The number of hydrogen-bond donors (Lipinski definition) is 0. The maximum atomic E-state index is 6.49. The first-order valence-electron chi connectivity index (χ1n) is 8.42. The number of furan rings is 1. The summed E-state index contributed by atoms with van der Waals surface area (Å²) in [7, 11) is 1.68. The van der Waals surface area contributed by atoms with Gasteiger partial charge in [-0.2, -0.15) is 0 Å². The van der Waals surface area contributed by atoms with Crippen LogP contribution in [0.25, 0.3) is 43.8 Å². The van der Waals surface area contributed by atoms with Crippen LogP contribution in [0.1, 0.15) is 0 Å². The van der Waals surface area contributed by atoms with Gasteiger partial charge in [0.05, 0.1) is 12.1 Å². The molecule has 0 amide bonds. The van der Waals surface area contributed by atoms with Gasteiger partial charge in [0.1, 0.15) is 16.9 Å². The molecule has 0 aliphatic heterocycles. The van der Waals surface area contributed by atoms with Crippen molar-refractivity contribution in [2.24, 2.45) is 0 Å². The third-order valence-corrected chi connectivity index (χ3v) is 5.14. The molecule has 0 radical (unpaired) electrons. The molecule has 4 aromatic carbocycles. The predicted molar refractivity (Wildman–Crippen MR) is 108 cm³/mol. The van der Waals surface area contributed by atoms with Crippen LogP contribution in [0.3, 0.4) is 0 Å². The molecule has 0 fully saturated rings. The van der Waals surface area contributed by atoms with Gasteiger partial charge in [-0.25, -0.2) is 0 Å². The molecule has 5 aromatic rings. The van der Waals surface area contributed by atoms with Crippen LogP contribution < -0.4 is 4.74 Å². The van der Waals surface area contributed by atoms with Crippen LogP contribution >= 0.6 is 11.6 Å². The Bertz CT molecular complexity index is 1280. The van der Waals surface area contributed by atoms with E-state index < -0.39 is 0 Å². The summed E-state index contributed by atoms with van der Waals surface area (Å²) in [4.78, 5) is 0. The van der Waals surface area contributed by atoms with Crippen LogP contribution in [0.15, 0.2) is 77.2 Å². The minimum atomic E-state index is 0.708. The Morgan fingerprint density at radius 3 is 2.35 bits per heavy atom. The van der Waals surface area contributed by atoms with Gasteiger partial charge in [-0.15, -0.1) is 0 Å². The average Bonchev–Trinajstić information content (AvgIpc) is 3.07. The quantitative estimate of drug-likeness (QED) is 0.336. The normalized spacial score (nSPS) is 11.5. The summed E-state index contributed by atoms with van der Waals surface area (Å²) in [6.45, 7) is 0. The lowest BCUT2D eigenvalue weighted by atomic mass is 9.97. The zero-order valence-electron chi connectivity index (χ0n) is 14.1. The molecule has 0 aliphatic rings. The molecule has 3 heteroatoms.